The molecular formula is C19H30S. The van der Waals surface area contributed by atoms with E-state index in [-0.39, 0.29) is 0 Å². The van der Waals surface area contributed by atoms with Gasteiger partial charge >= 0.3 is 0 Å². The molecule has 0 nitrogen and oxygen atoms in total. The quantitative estimate of drug-likeness (QED) is 0.530. The summed E-state index contributed by atoms with van der Waals surface area (Å²) in [6.07, 6.45) is 14.1. The van der Waals surface area contributed by atoms with Crippen LogP contribution in [-0.2, 0) is 0 Å². The summed E-state index contributed by atoms with van der Waals surface area (Å²) in [6, 6.07) is 0. The molecule has 8 atom stereocenters. The molecule has 1 aliphatic heterocycles. The van der Waals surface area contributed by atoms with Crippen molar-refractivity contribution in [2.75, 3.05) is 0 Å². The second kappa shape index (κ2) is 4.00. The maximum absolute atomic E-state index is 2.72. The van der Waals surface area contributed by atoms with Crippen molar-refractivity contribution >= 4 is 11.8 Å². The van der Waals surface area contributed by atoms with Gasteiger partial charge in [-0.15, -0.1) is 0 Å². The lowest BCUT2D eigenvalue weighted by Gasteiger charge is -2.59. The highest BCUT2D eigenvalue weighted by molar-refractivity contribution is 8.07. The average molecular weight is 291 g/mol. The predicted octanol–water partition coefficient (Wildman–Crippen LogP) is 5.51. The first-order valence-corrected chi connectivity index (χ1v) is 10.2. The maximum atomic E-state index is 2.72. The smallest absolute Gasteiger partial charge is 0.0175 e. The van der Waals surface area contributed by atoms with Gasteiger partial charge < -0.3 is 0 Å². The van der Waals surface area contributed by atoms with E-state index in [0.29, 0.717) is 0 Å². The second-order valence-corrected chi connectivity index (χ2v) is 10.9. The van der Waals surface area contributed by atoms with Crippen LogP contribution < -0.4 is 0 Å². The summed E-state index contributed by atoms with van der Waals surface area (Å²) in [5.41, 5.74) is 1.48. The third-order valence-corrected chi connectivity index (χ3v) is 10.1. The van der Waals surface area contributed by atoms with Crippen LogP contribution in [0.5, 0.6) is 0 Å². The van der Waals surface area contributed by atoms with Crippen LogP contribution in [0, 0.1) is 34.5 Å². The van der Waals surface area contributed by atoms with E-state index in [4.69, 9.17) is 0 Å². The zero-order valence-corrected chi connectivity index (χ0v) is 14.1. The second-order valence-electron chi connectivity index (χ2n) is 9.39. The molecule has 1 saturated heterocycles. The van der Waals surface area contributed by atoms with Crippen molar-refractivity contribution < 1.29 is 0 Å². The number of thioether (sulfide) groups is 1. The van der Waals surface area contributed by atoms with Gasteiger partial charge in [-0.1, -0.05) is 20.3 Å². The largest absolute Gasteiger partial charge is 0.153 e. The number of hydrogen-bond donors (Lipinski definition) is 0. The van der Waals surface area contributed by atoms with E-state index in [9.17, 15) is 0 Å². The van der Waals surface area contributed by atoms with Crippen molar-refractivity contribution in [1.29, 1.82) is 0 Å². The lowest BCUT2D eigenvalue weighted by atomic mass is 9.45. The lowest BCUT2D eigenvalue weighted by molar-refractivity contribution is -0.0979. The number of fused-ring (bicyclic) bond motifs is 6. The molecule has 4 saturated carbocycles. The SMILES string of the molecule is C[C@@]12CCC[C@H]1[C@@H]1CC[C@H]3CC4SC4C[C@]3(C)[C@H]1CC2. The summed E-state index contributed by atoms with van der Waals surface area (Å²) in [5, 5.41) is 2.16. The first-order valence-electron chi connectivity index (χ1n) is 9.26. The molecule has 4 aliphatic carbocycles. The molecule has 2 unspecified atom stereocenters. The van der Waals surface area contributed by atoms with Crippen molar-refractivity contribution in [1.82, 2.24) is 0 Å². The van der Waals surface area contributed by atoms with Crippen LogP contribution >= 0.6 is 11.8 Å². The molecule has 0 bridgehead atoms. The van der Waals surface area contributed by atoms with Gasteiger partial charge in [0.15, 0.2) is 0 Å². The van der Waals surface area contributed by atoms with Crippen LogP contribution in [0.1, 0.15) is 71.6 Å². The fourth-order valence-electron chi connectivity index (χ4n) is 7.51. The van der Waals surface area contributed by atoms with E-state index >= 15 is 0 Å². The Bertz CT molecular complexity index is 431. The Labute approximate surface area is 128 Å². The third kappa shape index (κ3) is 1.57. The zero-order valence-electron chi connectivity index (χ0n) is 13.2. The topological polar surface area (TPSA) is 0 Å². The van der Waals surface area contributed by atoms with Crippen molar-refractivity contribution in [2.24, 2.45) is 34.5 Å². The molecule has 0 N–H and O–H groups in total. The van der Waals surface area contributed by atoms with Crippen LogP contribution in [0.2, 0.25) is 0 Å². The molecule has 0 amide bonds. The van der Waals surface area contributed by atoms with Crippen LogP contribution in [0.25, 0.3) is 0 Å². The minimum atomic E-state index is 0.734. The molecule has 112 valence electrons. The predicted molar refractivity (Wildman–Crippen MR) is 86.9 cm³/mol. The standard InChI is InChI=1S/C19H30S/c1-18-8-3-4-14(18)13-6-5-12-10-16-17(20-16)11-19(12,2)15(13)7-9-18/h12-17H,3-11H2,1-2H3/t12-,13-,14-,15-,16?,17?,18-,19-/m0/s1. The summed E-state index contributed by atoms with van der Waals surface area (Å²) >= 11 is 2.32. The summed E-state index contributed by atoms with van der Waals surface area (Å²) in [5.74, 6) is 4.40. The Morgan fingerprint density at radius 2 is 1.80 bits per heavy atom. The molecule has 5 fully saturated rings. The van der Waals surface area contributed by atoms with E-state index in [2.05, 4.69) is 25.6 Å². The molecule has 0 aromatic carbocycles. The normalized spacial score (nSPS) is 63.9. The zero-order chi connectivity index (χ0) is 13.5. The van der Waals surface area contributed by atoms with Crippen LogP contribution in [0.15, 0.2) is 0 Å². The maximum Gasteiger partial charge on any atom is 0.0175 e. The van der Waals surface area contributed by atoms with Gasteiger partial charge in [-0.25, -0.2) is 0 Å². The molecule has 5 rings (SSSR count). The Hall–Kier alpha value is 0.350. The Morgan fingerprint density at radius 1 is 0.900 bits per heavy atom. The third-order valence-electron chi connectivity index (χ3n) is 8.69. The van der Waals surface area contributed by atoms with Crippen LogP contribution in [-0.4, -0.2) is 10.5 Å². The minimum Gasteiger partial charge on any atom is -0.153 e. The summed E-state index contributed by atoms with van der Waals surface area (Å²) in [7, 11) is 0. The van der Waals surface area contributed by atoms with E-state index < -0.39 is 0 Å². The molecule has 0 radical (unpaired) electrons. The molecule has 1 heteroatoms. The monoisotopic (exact) mass is 290 g/mol. The van der Waals surface area contributed by atoms with E-state index in [1.807, 2.05) is 0 Å². The van der Waals surface area contributed by atoms with Crippen molar-refractivity contribution in [3.05, 3.63) is 0 Å². The highest BCUT2D eigenvalue weighted by Gasteiger charge is 2.61. The molecule has 0 aromatic heterocycles. The van der Waals surface area contributed by atoms with Gasteiger partial charge in [0.25, 0.3) is 0 Å². The lowest BCUT2D eigenvalue weighted by Crippen LogP contribution is -2.52. The van der Waals surface area contributed by atoms with Crippen molar-refractivity contribution in [2.45, 2.75) is 82.1 Å². The first-order chi connectivity index (χ1) is 9.60. The van der Waals surface area contributed by atoms with Gasteiger partial charge in [-0.2, -0.15) is 11.8 Å². The van der Waals surface area contributed by atoms with Gasteiger partial charge in [-0.05, 0) is 85.9 Å². The highest BCUT2D eigenvalue weighted by Crippen LogP contribution is 2.70. The first kappa shape index (κ1) is 12.9. The van der Waals surface area contributed by atoms with E-state index in [0.717, 1.165) is 45.0 Å². The van der Waals surface area contributed by atoms with Gasteiger partial charge in [0.1, 0.15) is 0 Å². The molecule has 5 aliphatic rings. The summed E-state index contributed by atoms with van der Waals surface area (Å²) < 4.78 is 0. The van der Waals surface area contributed by atoms with Crippen molar-refractivity contribution in [3.63, 3.8) is 0 Å². The molecule has 20 heavy (non-hydrogen) atoms. The van der Waals surface area contributed by atoms with E-state index in [1.165, 1.54) is 6.42 Å². The fraction of sp³-hybridized carbons (Fsp3) is 1.00. The van der Waals surface area contributed by atoms with Crippen LogP contribution in [0.3, 0.4) is 0 Å². The van der Waals surface area contributed by atoms with Gasteiger partial charge in [0, 0.05) is 10.5 Å². The van der Waals surface area contributed by atoms with Gasteiger partial charge in [0.2, 0.25) is 0 Å². The molecule has 0 spiro atoms. The fourth-order valence-corrected chi connectivity index (χ4v) is 8.88. The average Bonchev–Trinajstić information content (AvgIpc) is 3.03. The Morgan fingerprint density at radius 3 is 2.70 bits per heavy atom. The minimum absolute atomic E-state index is 0.734. The molecule has 1 heterocycles. The van der Waals surface area contributed by atoms with Gasteiger partial charge in [0.05, 0.1) is 0 Å². The Kier molecular flexibility index (Phi) is 2.57. The summed E-state index contributed by atoms with van der Waals surface area (Å²) in [6.45, 7) is 5.37. The van der Waals surface area contributed by atoms with Crippen LogP contribution in [0.4, 0.5) is 0 Å². The van der Waals surface area contributed by atoms with Crippen molar-refractivity contribution in [3.8, 4) is 0 Å². The molecular weight excluding hydrogens is 260 g/mol. The van der Waals surface area contributed by atoms with E-state index in [1.54, 1.807) is 51.4 Å². The summed E-state index contributed by atoms with van der Waals surface area (Å²) in [4.78, 5) is 0. The van der Waals surface area contributed by atoms with Gasteiger partial charge in [-0.3, -0.25) is 0 Å². The number of rotatable bonds is 0. The number of hydrogen-bond acceptors (Lipinski definition) is 1. The molecule has 0 aromatic rings. The highest BCUT2D eigenvalue weighted by atomic mass is 32.2. The Balaban J connectivity index is 1.48.